The van der Waals surface area contributed by atoms with Crippen LogP contribution in [0.25, 0.3) is 17.3 Å². The molecule has 0 atom stereocenters. The van der Waals surface area contributed by atoms with Crippen molar-refractivity contribution < 1.29 is 14.3 Å². The topological polar surface area (TPSA) is 60.5 Å². The van der Waals surface area contributed by atoms with Crippen LogP contribution in [-0.2, 0) is 4.79 Å². The minimum absolute atomic E-state index is 0.255. The molecule has 0 unspecified atom stereocenters. The SMILES string of the molecule is CCOc1c(Br)cc(/C=C/C(=O)Nc2nc(-c3ccc(Br)cc3)c(C)s2)cc1OC. The Morgan fingerprint density at radius 3 is 2.63 bits per heavy atom. The maximum absolute atomic E-state index is 12.4. The summed E-state index contributed by atoms with van der Waals surface area (Å²) in [4.78, 5) is 18.0. The van der Waals surface area contributed by atoms with Gasteiger partial charge >= 0.3 is 0 Å². The van der Waals surface area contributed by atoms with Crippen LogP contribution < -0.4 is 14.8 Å². The Bertz CT molecular complexity index is 1080. The zero-order chi connectivity index (χ0) is 21.7. The van der Waals surface area contributed by atoms with Crippen LogP contribution in [0.15, 0.2) is 51.4 Å². The molecule has 0 radical (unpaired) electrons. The molecule has 156 valence electrons. The van der Waals surface area contributed by atoms with Crippen LogP contribution in [0, 0.1) is 6.92 Å². The van der Waals surface area contributed by atoms with E-state index in [0.717, 1.165) is 30.6 Å². The quantitative estimate of drug-likeness (QED) is 0.332. The fourth-order valence-corrected chi connectivity index (χ4v) is 4.44. The Kier molecular flexibility index (Phi) is 7.69. The lowest BCUT2D eigenvalue weighted by Crippen LogP contribution is -2.07. The fraction of sp³-hybridized carbons (Fsp3) is 0.182. The number of anilines is 1. The van der Waals surface area contributed by atoms with Crippen LogP contribution in [0.3, 0.4) is 0 Å². The van der Waals surface area contributed by atoms with Crippen molar-refractivity contribution in [1.29, 1.82) is 0 Å². The van der Waals surface area contributed by atoms with Gasteiger partial charge in [0.15, 0.2) is 16.6 Å². The number of rotatable bonds is 7. The highest BCUT2D eigenvalue weighted by molar-refractivity contribution is 9.10. The molecule has 1 aromatic heterocycles. The van der Waals surface area contributed by atoms with Crippen molar-refractivity contribution in [2.24, 2.45) is 0 Å². The summed E-state index contributed by atoms with van der Waals surface area (Å²) in [5, 5.41) is 3.39. The van der Waals surface area contributed by atoms with Gasteiger partial charge in [0.05, 0.1) is 23.9 Å². The van der Waals surface area contributed by atoms with Gasteiger partial charge in [-0.25, -0.2) is 4.98 Å². The Balaban J connectivity index is 1.73. The van der Waals surface area contributed by atoms with E-state index in [1.165, 1.54) is 17.4 Å². The van der Waals surface area contributed by atoms with Gasteiger partial charge in [0, 0.05) is 21.0 Å². The molecule has 0 saturated heterocycles. The molecule has 1 N–H and O–H groups in total. The molecular formula is C22H20Br2N2O3S. The molecule has 1 amide bonds. The molecule has 1 heterocycles. The van der Waals surface area contributed by atoms with E-state index in [4.69, 9.17) is 9.47 Å². The third-order valence-electron chi connectivity index (χ3n) is 4.11. The molecule has 0 aliphatic carbocycles. The Hall–Kier alpha value is -2.16. The number of carbonyl (C=O) groups is 1. The highest BCUT2D eigenvalue weighted by Gasteiger charge is 2.12. The lowest BCUT2D eigenvalue weighted by Gasteiger charge is -2.12. The van der Waals surface area contributed by atoms with Crippen molar-refractivity contribution in [3.63, 3.8) is 0 Å². The van der Waals surface area contributed by atoms with E-state index in [0.29, 0.717) is 23.2 Å². The molecule has 8 heteroatoms. The number of aryl methyl sites for hydroxylation is 1. The van der Waals surface area contributed by atoms with Crippen molar-refractivity contribution in [2.45, 2.75) is 13.8 Å². The summed E-state index contributed by atoms with van der Waals surface area (Å²) in [6, 6.07) is 11.6. The Labute approximate surface area is 196 Å². The van der Waals surface area contributed by atoms with Crippen LogP contribution in [0.4, 0.5) is 5.13 Å². The molecule has 3 rings (SSSR count). The molecular weight excluding hydrogens is 532 g/mol. The molecule has 0 saturated carbocycles. The van der Waals surface area contributed by atoms with Gasteiger partial charge in [-0.15, -0.1) is 11.3 Å². The largest absolute Gasteiger partial charge is 0.493 e. The van der Waals surface area contributed by atoms with Gasteiger partial charge < -0.3 is 9.47 Å². The van der Waals surface area contributed by atoms with Gasteiger partial charge in [0.1, 0.15) is 0 Å². The van der Waals surface area contributed by atoms with E-state index < -0.39 is 0 Å². The first-order valence-corrected chi connectivity index (χ1v) is 11.5. The molecule has 5 nitrogen and oxygen atoms in total. The molecule has 0 fully saturated rings. The summed E-state index contributed by atoms with van der Waals surface area (Å²) in [7, 11) is 1.58. The number of halogens is 2. The number of hydrogen-bond donors (Lipinski definition) is 1. The normalized spacial score (nSPS) is 11.0. The monoisotopic (exact) mass is 550 g/mol. The number of benzene rings is 2. The first-order valence-electron chi connectivity index (χ1n) is 9.14. The minimum Gasteiger partial charge on any atom is -0.493 e. The smallest absolute Gasteiger partial charge is 0.250 e. The van der Waals surface area contributed by atoms with Crippen LogP contribution in [-0.4, -0.2) is 24.6 Å². The first kappa shape index (κ1) is 22.5. The number of carbonyl (C=O) groups excluding carboxylic acids is 1. The number of hydrogen-bond acceptors (Lipinski definition) is 5. The lowest BCUT2D eigenvalue weighted by molar-refractivity contribution is -0.111. The van der Waals surface area contributed by atoms with Crippen molar-refractivity contribution in [1.82, 2.24) is 4.98 Å². The summed E-state index contributed by atoms with van der Waals surface area (Å²) < 4.78 is 12.7. The zero-order valence-electron chi connectivity index (χ0n) is 16.7. The third kappa shape index (κ3) is 5.50. The summed E-state index contributed by atoms with van der Waals surface area (Å²) in [5.41, 5.74) is 2.68. The average Bonchev–Trinajstić information content (AvgIpc) is 3.08. The van der Waals surface area contributed by atoms with Crippen molar-refractivity contribution >= 4 is 60.3 Å². The number of methoxy groups -OCH3 is 1. The van der Waals surface area contributed by atoms with Crippen molar-refractivity contribution in [2.75, 3.05) is 19.0 Å². The fourth-order valence-electron chi connectivity index (χ4n) is 2.76. The molecule has 30 heavy (non-hydrogen) atoms. The molecule has 0 bridgehead atoms. The number of amides is 1. The maximum atomic E-state index is 12.4. The average molecular weight is 552 g/mol. The molecule has 3 aromatic rings. The van der Waals surface area contributed by atoms with Crippen LogP contribution in [0.5, 0.6) is 11.5 Å². The summed E-state index contributed by atoms with van der Waals surface area (Å²) in [6.07, 6.45) is 3.19. The number of thiazole rings is 1. The number of aromatic nitrogens is 1. The highest BCUT2D eigenvalue weighted by atomic mass is 79.9. The Morgan fingerprint density at radius 2 is 1.97 bits per heavy atom. The predicted molar refractivity (Wildman–Crippen MR) is 130 cm³/mol. The summed E-state index contributed by atoms with van der Waals surface area (Å²) in [6.45, 7) is 4.43. The van der Waals surface area contributed by atoms with E-state index >= 15 is 0 Å². The number of ether oxygens (including phenoxy) is 2. The van der Waals surface area contributed by atoms with E-state index in [1.54, 1.807) is 13.2 Å². The Morgan fingerprint density at radius 1 is 1.23 bits per heavy atom. The second-order valence-electron chi connectivity index (χ2n) is 6.22. The second-order valence-corrected chi connectivity index (χ2v) is 9.19. The van der Waals surface area contributed by atoms with E-state index in [1.807, 2.05) is 50.2 Å². The molecule has 0 aliphatic rings. The maximum Gasteiger partial charge on any atom is 0.250 e. The molecule has 2 aromatic carbocycles. The standard InChI is InChI=1S/C22H20Br2N2O3S/c1-4-29-21-17(24)11-14(12-18(21)28-3)5-10-19(27)25-22-26-20(13(2)30-22)15-6-8-16(23)9-7-15/h5-12H,4H2,1-3H3,(H,25,26,27)/b10-5+. The van der Waals surface area contributed by atoms with Gasteiger partial charge in [-0.05, 0) is 65.7 Å². The molecule has 0 spiro atoms. The second kappa shape index (κ2) is 10.2. The third-order valence-corrected chi connectivity index (χ3v) is 6.12. The van der Waals surface area contributed by atoms with E-state index in [9.17, 15) is 4.79 Å². The number of nitrogens with one attached hydrogen (secondary N) is 1. The number of nitrogens with zero attached hydrogens (tertiary/aromatic N) is 1. The first-order chi connectivity index (χ1) is 14.4. The van der Waals surface area contributed by atoms with Gasteiger partial charge in [-0.2, -0.15) is 0 Å². The zero-order valence-corrected chi connectivity index (χ0v) is 20.7. The molecule has 0 aliphatic heterocycles. The van der Waals surface area contributed by atoms with Gasteiger partial charge in [-0.1, -0.05) is 28.1 Å². The van der Waals surface area contributed by atoms with Crippen LogP contribution in [0.1, 0.15) is 17.4 Å². The summed E-state index contributed by atoms with van der Waals surface area (Å²) >= 11 is 8.37. The van der Waals surface area contributed by atoms with E-state index in [2.05, 4.69) is 42.2 Å². The highest BCUT2D eigenvalue weighted by Crippen LogP contribution is 2.37. The lowest BCUT2D eigenvalue weighted by atomic mass is 10.1. The van der Waals surface area contributed by atoms with Gasteiger partial charge in [-0.3, -0.25) is 10.1 Å². The van der Waals surface area contributed by atoms with Gasteiger partial charge in [0.2, 0.25) is 5.91 Å². The van der Waals surface area contributed by atoms with Crippen molar-refractivity contribution in [3.05, 3.63) is 61.9 Å². The van der Waals surface area contributed by atoms with Gasteiger partial charge in [0.25, 0.3) is 0 Å². The van der Waals surface area contributed by atoms with Crippen LogP contribution in [0.2, 0.25) is 0 Å². The summed E-state index contributed by atoms with van der Waals surface area (Å²) in [5.74, 6) is 0.983. The van der Waals surface area contributed by atoms with E-state index in [-0.39, 0.29) is 5.91 Å². The van der Waals surface area contributed by atoms with Crippen molar-refractivity contribution in [3.8, 4) is 22.8 Å². The predicted octanol–water partition coefficient (Wildman–Crippen LogP) is 6.70. The van der Waals surface area contributed by atoms with Crippen LogP contribution >= 0.6 is 43.2 Å². The minimum atomic E-state index is -0.255.